The molecule has 3 unspecified atom stereocenters. The van der Waals surface area contributed by atoms with E-state index >= 15 is 0 Å². The molecule has 6 nitrogen and oxygen atoms in total. The molecule has 0 aromatic heterocycles. The molecule has 0 spiro atoms. The SMILES string of the molecule is CCCCCCCCC/C=C\CCCC(CC(=O)NC(CO)C(O)CCCCCCCCCCCCCCCCCCC)OC(=O)CCCCCCCCCCCCCCCCC. The Labute approximate surface area is 393 Å². The largest absolute Gasteiger partial charge is 0.462 e. The number of unbranched alkanes of at least 4 members (excludes halogenated alkanes) is 38. The first-order valence-corrected chi connectivity index (χ1v) is 28.4. The first kappa shape index (κ1) is 61.6. The molecule has 0 aromatic rings. The third-order valence-corrected chi connectivity index (χ3v) is 13.3. The van der Waals surface area contributed by atoms with E-state index in [4.69, 9.17) is 4.74 Å². The van der Waals surface area contributed by atoms with Crippen LogP contribution in [0.25, 0.3) is 0 Å². The molecule has 0 heterocycles. The predicted octanol–water partition coefficient (Wildman–Crippen LogP) is 17.3. The van der Waals surface area contributed by atoms with E-state index in [1.54, 1.807) is 0 Å². The first-order chi connectivity index (χ1) is 31.0. The van der Waals surface area contributed by atoms with Crippen molar-refractivity contribution in [3.05, 3.63) is 12.2 Å². The molecule has 3 N–H and O–H groups in total. The van der Waals surface area contributed by atoms with Crippen LogP contribution in [-0.2, 0) is 14.3 Å². The first-order valence-electron chi connectivity index (χ1n) is 28.4. The van der Waals surface area contributed by atoms with Crippen molar-refractivity contribution < 1.29 is 24.5 Å². The van der Waals surface area contributed by atoms with Crippen molar-refractivity contribution in [1.82, 2.24) is 5.32 Å². The quantitative estimate of drug-likeness (QED) is 0.0321. The maximum Gasteiger partial charge on any atom is 0.306 e. The van der Waals surface area contributed by atoms with Crippen molar-refractivity contribution in [2.75, 3.05) is 6.61 Å². The van der Waals surface area contributed by atoms with Gasteiger partial charge in [-0.1, -0.05) is 270 Å². The number of aliphatic hydroxyl groups excluding tert-OH is 2. The summed E-state index contributed by atoms with van der Waals surface area (Å²) >= 11 is 0. The molecule has 63 heavy (non-hydrogen) atoms. The lowest BCUT2D eigenvalue weighted by atomic mass is 10.0. The Morgan fingerprint density at radius 2 is 0.778 bits per heavy atom. The third-order valence-electron chi connectivity index (χ3n) is 13.3. The fraction of sp³-hybridized carbons (Fsp3) is 0.930. The highest BCUT2D eigenvalue weighted by Crippen LogP contribution is 2.18. The lowest BCUT2D eigenvalue weighted by molar-refractivity contribution is -0.151. The van der Waals surface area contributed by atoms with Gasteiger partial charge in [0.25, 0.3) is 0 Å². The molecule has 0 saturated heterocycles. The third kappa shape index (κ3) is 46.9. The molecule has 6 heteroatoms. The highest BCUT2D eigenvalue weighted by Gasteiger charge is 2.24. The number of nitrogens with one attached hydrogen (secondary N) is 1. The summed E-state index contributed by atoms with van der Waals surface area (Å²) in [6, 6.07) is -0.704. The fourth-order valence-corrected chi connectivity index (χ4v) is 9.02. The molecule has 0 fully saturated rings. The molecule has 3 atom stereocenters. The average molecular weight is 891 g/mol. The van der Waals surface area contributed by atoms with E-state index in [9.17, 15) is 19.8 Å². The predicted molar refractivity (Wildman–Crippen MR) is 273 cm³/mol. The van der Waals surface area contributed by atoms with E-state index in [1.807, 2.05) is 0 Å². The molecule has 1 amide bonds. The van der Waals surface area contributed by atoms with Crippen molar-refractivity contribution >= 4 is 11.9 Å². The normalized spacial score (nSPS) is 13.2. The van der Waals surface area contributed by atoms with E-state index in [2.05, 4.69) is 38.2 Å². The van der Waals surface area contributed by atoms with Gasteiger partial charge in [-0.15, -0.1) is 0 Å². The molecule has 0 rings (SSSR count). The second-order valence-corrected chi connectivity index (χ2v) is 19.7. The van der Waals surface area contributed by atoms with Crippen LogP contribution in [0.4, 0.5) is 0 Å². The van der Waals surface area contributed by atoms with Gasteiger partial charge in [0.2, 0.25) is 5.91 Å². The van der Waals surface area contributed by atoms with E-state index < -0.39 is 18.2 Å². The van der Waals surface area contributed by atoms with E-state index in [0.29, 0.717) is 19.3 Å². The number of hydrogen-bond acceptors (Lipinski definition) is 5. The van der Waals surface area contributed by atoms with Gasteiger partial charge in [-0.25, -0.2) is 0 Å². The highest BCUT2D eigenvalue weighted by atomic mass is 16.5. The van der Waals surface area contributed by atoms with Crippen LogP contribution < -0.4 is 5.32 Å². The Morgan fingerprint density at radius 3 is 1.16 bits per heavy atom. The van der Waals surface area contributed by atoms with Gasteiger partial charge >= 0.3 is 5.97 Å². The van der Waals surface area contributed by atoms with Gasteiger partial charge in [0.1, 0.15) is 6.10 Å². The molecule has 374 valence electrons. The van der Waals surface area contributed by atoms with Crippen molar-refractivity contribution in [2.24, 2.45) is 0 Å². The van der Waals surface area contributed by atoms with Gasteiger partial charge in [-0.05, 0) is 44.9 Å². The van der Waals surface area contributed by atoms with Crippen LogP contribution in [0.3, 0.4) is 0 Å². The van der Waals surface area contributed by atoms with E-state index in [0.717, 1.165) is 51.4 Å². The second kappa shape index (κ2) is 51.6. The van der Waals surface area contributed by atoms with E-state index in [1.165, 1.54) is 218 Å². The summed E-state index contributed by atoms with van der Waals surface area (Å²) in [5.41, 5.74) is 0. The Hall–Kier alpha value is -1.40. The molecule has 0 aliphatic heterocycles. The number of allylic oxidation sites excluding steroid dienone is 2. The minimum Gasteiger partial charge on any atom is -0.462 e. The van der Waals surface area contributed by atoms with Crippen LogP contribution in [-0.4, -0.2) is 46.9 Å². The summed E-state index contributed by atoms with van der Waals surface area (Å²) in [6.45, 7) is 6.51. The number of amides is 1. The average Bonchev–Trinajstić information content (AvgIpc) is 3.28. The molecular weight excluding hydrogens is 779 g/mol. The maximum atomic E-state index is 13.2. The molecule has 0 saturated carbocycles. The summed E-state index contributed by atoms with van der Waals surface area (Å²) in [7, 11) is 0. The van der Waals surface area contributed by atoms with Crippen LogP contribution in [0.2, 0.25) is 0 Å². The number of carbonyl (C=O) groups excluding carboxylic acids is 2. The Bertz CT molecular complexity index is 955. The van der Waals surface area contributed by atoms with Crippen LogP contribution in [0, 0.1) is 0 Å². The summed E-state index contributed by atoms with van der Waals surface area (Å²) in [5, 5.41) is 23.9. The van der Waals surface area contributed by atoms with Crippen molar-refractivity contribution in [1.29, 1.82) is 0 Å². The molecular formula is C57H111NO5. The summed E-state index contributed by atoms with van der Waals surface area (Å²) in [5.74, 6) is -0.482. The molecule has 0 radical (unpaired) electrons. The minimum absolute atomic E-state index is 0.0642. The summed E-state index contributed by atoms with van der Waals surface area (Å²) in [4.78, 5) is 26.2. The van der Waals surface area contributed by atoms with Crippen molar-refractivity contribution in [2.45, 2.75) is 334 Å². The summed E-state index contributed by atoms with van der Waals surface area (Å²) in [6.07, 6.45) is 58.5. The highest BCUT2D eigenvalue weighted by molar-refractivity contribution is 5.77. The van der Waals surface area contributed by atoms with Gasteiger partial charge in [-0.3, -0.25) is 9.59 Å². The van der Waals surface area contributed by atoms with Crippen molar-refractivity contribution in [3.8, 4) is 0 Å². The monoisotopic (exact) mass is 890 g/mol. The number of esters is 1. The Morgan fingerprint density at radius 1 is 0.444 bits per heavy atom. The fourth-order valence-electron chi connectivity index (χ4n) is 9.02. The van der Waals surface area contributed by atoms with Crippen LogP contribution in [0.15, 0.2) is 12.2 Å². The van der Waals surface area contributed by atoms with E-state index in [-0.39, 0.29) is 24.9 Å². The molecule has 0 bridgehead atoms. The molecule has 0 aliphatic carbocycles. The molecule has 0 aromatic carbocycles. The zero-order valence-electron chi connectivity index (χ0n) is 42.7. The second-order valence-electron chi connectivity index (χ2n) is 19.7. The van der Waals surface area contributed by atoms with Crippen LogP contribution in [0.1, 0.15) is 316 Å². The zero-order chi connectivity index (χ0) is 45.9. The van der Waals surface area contributed by atoms with Crippen LogP contribution >= 0.6 is 0 Å². The standard InChI is InChI=1S/C57H111NO5/c1-4-7-10-13-16-19-22-25-27-28-30-31-34-37-40-43-46-49-55(60)54(52-59)58-56(61)51-53(48-45-42-39-36-33-24-21-18-15-12-9-6-3)63-57(62)50-47-44-41-38-35-32-29-26-23-20-17-14-11-8-5-2/h36,39,53-55,59-60H,4-35,37-38,40-52H2,1-3H3,(H,58,61)/b39-36-. The maximum absolute atomic E-state index is 13.2. The van der Waals surface area contributed by atoms with Gasteiger partial charge in [0, 0.05) is 6.42 Å². The summed E-state index contributed by atoms with van der Waals surface area (Å²) < 4.78 is 5.93. The number of aliphatic hydroxyl groups is 2. The number of ether oxygens (including phenoxy) is 1. The Kier molecular flexibility index (Phi) is 50.4. The van der Waals surface area contributed by atoms with Gasteiger partial charge in [0.15, 0.2) is 0 Å². The zero-order valence-corrected chi connectivity index (χ0v) is 42.7. The minimum atomic E-state index is -0.789. The van der Waals surface area contributed by atoms with Gasteiger partial charge < -0.3 is 20.3 Å². The van der Waals surface area contributed by atoms with Gasteiger partial charge in [-0.2, -0.15) is 0 Å². The number of carbonyl (C=O) groups is 2. The topological polar surface area (TPSA) is 95.9 Å². The number of hydrogen-bond donors (Lipinski definition) is 3. The van der Waals surface area contributed by atoms with Crippen LogP contribution in [0.5, 0.6) is 0 Å². The molecule has 0 aliphatic rings. The van der Waals surface area contributed by atoms with Gasteiger partial charge in [0.05, 0.1) is 25.2 Å². The van der Waals surface area contributed by atoms with Crippen molar-refractivity contribution in [3.63, 3.8) is 0 Å². The lowest BCUT2D eigenvalue weighted by Gasteiger charge is -2.24. The lowest BCUT2D eigenvalue weighted by Crippen LogP contribution is -2.46. The Balaban J connectivity index is 4.46. The smallest absolute Gasteiger partial charge is 0.306 e. The number of rotatable bonds is 52.